The number of nitrogens with two attached hydrogens (primary N) is 1. The number of ether oxygens (including phenoxy) is 2. The third kappa shape index (κ3) is 7.70. The van der Waals surface area contributed by atoms with Crippen LogP contribution in [-0.4, -0.2) is 85.3 Å². The number of amidine groups is 1. The first-order valence-corrected chi connectivity index (χ1v) is 14.0. The van der Waals surface area contributed by atoms with E-state index in [2.05, 4.69) is 28.9 Å². The van der Waals surface area contributed by atoms with Gasteiger partial charge in [-0.2, -0.15) is 0 Å². The summed E-state index contributed by atoms with van der Waals surface area (Å²) in [6.45, 7) is 7.76. The average Bonchev–Trinajstić information content (AvgIpc) is 3.07. The number of carbonyl (C=O) groups excluding carboxylic acids is 1. The van der Waals surface area contributed by atoms with Crippen LogP contribution in [0.15, 0.2) is 57.2 Å². The molecule has 2 heterocycles. The van der Waals surface area contributed by atoms with Crippen molar-refractivity contribution in [1.29, 1.82) is 0 Å². The highest BCUT2D eigenvalue weighted by Gasteiger charge is 2.25. The van der Waals surface area contributed by atoms with Gasteiger partial charge in [-0.15, -0.1) is 0 Å². The molecule has 1 unspecified atom stereocenters. The lowest BCUT2D eigenvalue weighted by atomic mass is 10.1. The maximum atomic E-state index is 11.9. The molecule has 8 nitrogen and oxygen atoms in total. The van der Waals surface area contributed by atoms with Gasteiger partial charge in [0, 0.05) is 48.1 Å². The fraction of sp³-hybridized carbons (Fsp3) is 0.500. The zero-order chi connectivity index (χ0) is 26.0. The first kappa shape index (κ1) is 27.4. The molecule has 2 aromatic carbocycles. The quantitative estimate of drug-likeness (QED) is 0.335. The van der Waals surface area contributed by atoms with E-state index in [1.807, 2.05) is 18.2 Å². The molecule has 0 radical (unpaired) electrons. The van der Waals surface area contributed by atoms with E-state index < -0.39 is 6.04 Å². The standard InChI is InChI=1S/C28H38N4O4S/c1-2-3-4-8-23(29)28(34)36-19-18-35-17-16-31-12-14-32(15-13-31)27-22-7-5-6-9-25(22)37-26-20-21(33)10-11-24(26)30-27/h5-7,9-11,20,23,33H,2-4,8,12-19,29H2,1H3. The third-order valence-corrected chi connectivity index (χ3v) is 7.76. The van der Waals surface area contributed by atoms with Crippen molar-refractivity contribution in [2.75, 3.05) is 52.5 Å². The number of aliphatic imine (C=N–C) groups is 1. The van der Waals surface area contributed by atoms with Crippen LogP contribution in [0, 0.1) is 0 Å². The summed E-state index contributed by atoms with van der Waals surface area (Å²) in [7, 11) is 0. The SMILES string of the molecule is CCCCCC(N)C(=O)OCCOCCN1CCN(C2=Nc3ccc(O)cc3Sc3ccccc32)CC1. The van der Waals surface area contributed by atoms with Crippen molar-refractivity contribution in [3.05, 3.63) is 48.0 Å². The van der Waals surface area contributed by atoms with E-state index in [0.29, 0.717) is 19.6 Å². The van der Waals surface area contributed by atoms with Gasteiger partial charge in [0.15, 0.2) is 0 Å². The molecule has 1 saturated heterocycles. The molecule has 1 fully saturated rings. The smallest absolute Gasteiger partial charge is 0.322 e. The van der Waals surface area contributed by atoms with Crippen molar-refractivity contribution in [2.45, 2.75) is 48.4 Å². The molecule has 1 atom stereocenters. The number of rotatable bonds is 11. The fourth-order valence-corrected chi connectivity index (χ4v) is 5.52. The number of esters is 1. The lowest BCUT2D eigenvalue weighted by Crippen LogP contribution is -2.49. The average molecular weight is 527 g/mol. The lowest BCUT2D eigenvalue weighted by molar-refractivity contribution is -0.147. The molecule has 4 rings (SSSR count). The van der Waals surface area contributed by atoms with Gasteiger partial charge in [0.2, 0.25) is 0 Å². The molecule has 2 aliphatic rings. The summed E-state index contributed by atoms with van der Waals surface area (Å²) in [5.74, 6) is 0.900. The van der Waals surface area contributed by atoms with Gasteiger partial charge in [0.05, 0.1) is 18.9 Å². The highest BCUT2D eigenvalue weighted by atomic mass is 32.2. The minimum Gasteiger partial charge on any atom is -0.508 e. The fourth-order valence-electron chi connectivity index (χ4n) is 4.47. The van der Waals surface area contributed by atoms with E-state index in [1.165, 1.54) is 0 Å². The zero-order valence-corrected chi connectivity index (χ0v) is 22.4. The van der Waals surface area contributed by atoms with Crippen molar-refractivity contribution in [3.8, 4) is 5.75 Å². The van der Waals surface area contributed by atoms with E-state index in [1.54, 1.807) is 23.9 Å². The summed E-state index contributed by atoms with van der Waals surface area (Å²) < 4.78 is 10.9. The van der Waals surface area contributed by atoms with Crippen molar-refractivity contribution >= 4 is 29.3 Å². The van der Waals surface area contributed by atoms with E-state index in [0.717, 1.165) is 78.9 Å². The van der Waals surface area contributed by atoms with Crippen LogP contribution < -0.4 is 5.73 Å². The first-order chi connectivity index (χ1) is 18.0. The summed E-state index contributed by atoms with van der Waals surface area (Å²) in [4.78, 5) is 23.8. The number of unbranched alkanes of at least 4 members (excludes halogenated alkanes) is 2. The predicted octanol–water partition coefficient (Wildman–Crippen LogP) is 4.02. The minimum absolute atomic E-state index is 0.241. The van der Waals surface area contributed by atoms with E-state index in [4.69, 9.17) is 20.2 Å². The van der Waals surface area contributed by atoms with Crippen LogP contribution in [0.1, 0.15) is 38.2 Å². The highest BCUT2D eigenvalue weighted by molar-refractivity contribution is 7.99. The summed E-state index contributed by atoms with van der Waals surface area (Å²) in [6.07, 6.45) is 3.81. The van der Waals surface area contributed by atoms with Crippen molar-refractivity contribution in [2.24, 2.45) is 10.7 Å². The number of hydrogen-bond acceptors (Lipinski definition) is 9. The second-order valence-electron chi connectivity index (χ2n) is 9.40. The maximum Gasteiger partial charge on any atom is 0.322 e. The lowest BCUT2D eigenvalue weighted by Gasteiger charge is -2.36. The monoisotopic (exact) mass is 526 g/mol. The number of nitrogens with zero attached hydrogens (tertiary/aromatic N) is 3. The van der Waals surface area contributed by atoms with Gasteiger partial charge in [-0.25, -0.2) is 4.99 Å². The Balaban J connectivity index is 1.21. The Morgan fingerprint density at radius 1 is 1.08 bits per heavy atom. The van der Waals surface area contributed by atoms with E-state index in [-0.39, 0.29) is 18.3 Å². The topological polar surface area (TPSA) is 101 Å². The Morgan fingerprint density at radius 2 is 1.89 bits per heavy atom. The molecule has 0 saturated carbocycles. The van der Waals surface area contributed by atoms with Crippen LogP contribution in [0.25, 0.3) is 0 Å². The van der Waals surface area contributed by atoms with E-state index in [9.17, 15) is 9.90 Å². The minimum atomic E-state index is -0.535. The van der Waals surface area contributed by atoms with Crippen LogP contribution in [0.3, 0.4) is 0 Å². The summed E-state index contributed by atoms with van der Waals surface area (Å²) in [5.41, 5.74) is 7.89. The number of phenols is 1. The number of aromatic hydroxyl groups is 1. The van der Waals surface area contributed by atoms with Crippen LogP contribution >= 0.6 is 11.8 Å². The molecule has 0 amide bonds. The zero-order valence-electron chi connectivity index (χ0n) is 21.6. The summed E-state index contributed by atoms with van der Waals surface area (Å²) in [5, 5.41) is 9.96. The molecule has 0 bridgehead atoms. The Hall–Kier alpha value is -2.59. The van der Waals surface area contributed by atoms with Gasteiger partial charge < -0.3 is 25.2 Å². The van der Waals surface area contributed by atoms with Gasteiger partial charge in [-0.1, -0.05) is 56.1 Å². The second-order valence-corrected chi connectivity index (χ2v) is 10.5. The molecule has 200 valence electrons. The Labute approximate surface area is 223 Å². The molecular weight excluding hydrogens is 488 g/mol. The predicted molar refractivity (Wildman–Crippen MR) is 147 cm³/mol. The van der Waals surface area contributed by atoms with Gasteiger partial charge in [0.25, 0.3) is 0 Å². The van der Waals surface area contributed by atoms with Crippen molar-refractivity contribution in [1.82, 2.24) is 9.80 Å². The van der Waals surface area contributed by atoms with Crippen LogP contribution in [-0.2, 0) is 14.3 Å². The molecule has 9 heteroatoms. The molecule has 2 aromatic rings. The highest BCUT2D eigenvalue weighted by Crippen LogP contribution is 2.42. The van der Waals surface area contributed by atoms with Crippen LogP contribution in [0.4, 0.5) is 5.69 Å². The second kappa shape index (κ2) is 13.8. The Morgan fingerprint density at radius 3 is 2.70 bits per heavy atom. The number of piperazine rings is 1. The number of benzene rings is 2. The Bertz CT molecular complexity index is 1070. The van der Waals surface area contributed by atoms with Gasteiger partial charge >= 0.3 is 5.97 Å². The van der Waals surface area contributed by atoms with Gasteiger partial charge in [-0.3, -0.25) is 9.69 Å². The normalized spacial score (nSPS) is 16.4. The molecule has 37 heavy (non-hydrogen) atoms. The third-order valence-electron chi connectivity index (χ3n) is 6.63. The summed E-state index contributed by atoms with van der Waals surface area (Å²) >= 11 is 1.64. The Kier molecular flexibility index (Phi) is 10.2. The molecular formula is C28H38N4O4S. The van der Waals surface area contributed by atoms with Gasteiger partial charge in [-0.05, 0) is 30.7 Å². The largest absolute Gasteiger partial charge is 0.508 e. The molecule has 0 aliphatic carbocycles. The molecule has 0 aromatic heterocycles. The van der Waals surface area contributed by atoms with Crippen molar-refractivity contribution < 1.29 is 19.4 Å². The number of fused-ring (bicyclic) bond motifs is 2. The van der Waals surface area contributed by atoms with Crippen LogP contribution in [0.5, 0.6) is 5.75 Å². The first-order valence-electron chi connectivity index (χ1n) is 13.2. The molecule has 2 aliphatic heterocycles. The van der Waals surface area contributed by atoms with Gasteiger partial charge in [0.1, 0.15) is 24.2 Å². The van der Waals surface area contributed by atoms with Crippen LogP contribution in [0.2, 0.25) is 0 Å². The summed E-state index contributed by atoms with van der Waals surface area (Å²) in [6, 6.07) is 13.1. The maximum absolute atomic E-state index is 11.9. The van der Waals surface area contributed by atoms with E-state index >= 15 is 0 Å². The molecule has 0 spiro atoms. The number of carbonyl (C=O) groups is 1. The number of phenolic OH excluding ortho intramolecular Hbond substituents is 1. The number of hydrogen-bond donors (Lipinski definition) is 2. The molecule has 3 N–H and O–H groups in total. The van der Waals surface area contributed by atoms with Crippen molar-refractivity contribution in [3.63, 3.8) is 0 Å².